The van der Waals surface area contributed by atoms with Crippen LogP contribution < -0.4 is 10.0 Å². The third-order valence-corrected chi connectivity index (χ3v) is 6.96. The number of morpholine rings is 1. The number of carbonyl (C=O) groups excluding carboxylic acids is 1. The normalized spacial score (nSPS) is 28.7. The summed E-state index contributed by atoms with van der Waals surface area (Å²) in [6, 6.07) is 5.13. The molecule has 1 saturated carbocycles. The van der Waals surface area contributed by atoms with E-state index in [1.807, 2.05) is 11.8 Å². The van der Waals surface area contributed by atoms with Gasteiger partial charge >= 0.3 is 0 Å². The number of benzene rings is 1. The average Bonchev–Trinajstić information content (AvgIpc) is 2.96. The second-order valence-corrected chi connectivity index (χ2v) is 9.45. The molecule has 3 aliphatic rings. The zero-order valence-electron chi connectivity index (χ0n) is 15.6. The molecule has 2 aliphatic heterocycles. The van der Waals surface area contributed by atoms with E-state index in [9.17, 15) is 13.2 Å². The van der Waals surface area contributed by atoms with E-state index in [4.69, 9.17) is 9.88 Å². The summed E-state index contributed by atoms with van der Waals surface area (Å²) in [4.78, 5) is 17.3. The Morgan fingerprint density at radius 2 is 2.07 bits per heavy atom. The summed E-state index contributed by atoms with van der Waals surface area (Å²) in [5, 5.41) is 5.24. The number of primary sulfonamides is 1. The van der Waals surface area contributed by atoms with Crippen molar-refractivity contribution in [3.8, 4) is 0 Å². The van der Waals surface area contributed by atoms with Crippen molar-refractivity contribution < 1.29 is 17.9 Å². The van der Waals surface area contributed by atoms with Gasteiger partial charge in [-0.2, -0.15) is 0 Å². The topological polar surface area (TPSA) is 92.9 Å². The van der Waals surface area contributed by atoms with Gasteiger partial charge < -0.3 is 9.64 Å². The fraction of sp³-hybridized carbons (Fsp3) is 0.632. The first kappa shape index (κ1) is 18.9. The number of anilines is 1. The lowest BCUT2D eigenvalue weighted by atomic mass is 9.90. The van der Waals surface area contributed by atoms with Crippen LogP contribution in [0.15, 0.2) is 23.1 Å². The largest absolute Gasteiger partial charge is 0.375 e. The molecule has 2 heterocycles. The van der Waals surface area contributed by atoms with Crippen LogP contribution >= 0.6 is 0 Å². The van der Waals surface area contributed by atoms with Gasteiger partial charge in [0.2, 0.25) is 15.9 Å². The number of carbonyl (C=O) groups is 1. The number of nitrogens with zero attached hydrogens (tertiary/aromatic N) is 2. The van der Waals surface area contributed by atoms with Crippen molar-refractivity contribution in [2.75, 3.05) is 24.6 Å². The van der Waals surface area contributed by atoms with Crippen molar-refractivity contribution in [2.45, 2.75) is 62.1 Å². The van der Waals surface area contributed by atoms with Crippen LogP contribution in [0.25, 0.3) is 0 Å². The molecule has 1 saturated heterocycles. The second kappa shape index (κ2) is 7.16. The Kier molecular flexibility index (Phi) is 5.00. The van der Waals surface area contributed by atoms with Gasteiger partial charge in [-0.15, -0.1) is 0 Å². The van der Waals surface area contributed by atoms with Gasteiger partial charge in [-0.25, -0.2) is 13.6 Å². The maximum absolute atomic E-state index is 13.1. The quantitative estimate of drug-likeness (QED) is 0.834. The van der Waals surface area contributed by atoms with E-state index >= 15 is 0 Å². The van der Waals surface area contributed by atoms with Gasteiger partial charge in [-0.1, -0.05) is 12.8 Å². The van der Waals surface area contributed by atoms with Crippen LogP contribution in [0.3, 0.4) is 0 Å². The van der Waals surface area contributed by atoms with Gasteiger partial charge in [0, 0.05) is 24.3 Å². The monoisotopic (exact) mass is 393 g/mol. The Morgan fingerprint density at radius 1 is 1.30 bits per heavy atom. The molecule has 1 aliphatic carbocycles. The molecule has 1 aromatic rings. The van der Waals surface area contributed by atoms with Gasteiger partial charge in [-0.05, 0) is 49.9 Å². The highest BCUT2D eigenvalue weighted by Gasteiger charge is 2.38. The van der Waals surface area contributed by atoms with E-state index in [0.717, 1.165) is 30.6 Å². The van der Waals surface area contributed by atoms with Crippen molar-refractivity contribution in [3.05, 3.63) is 23.8 Å². The first-order valence-electron chi connectivity index (χ1n) is 9.68. The van der Waals surface area contributed by atoms with Gasteiger partial charge in [0.15, 0.2) is 0 Å². The molecule has 0 bridgehead atoms. The SMILES string of the molecule is CC1Cc2cc(S(N)(=O)=O)ccc2N1C(=O)CN1CCOC2CCCCC21. The summed E-state index contributed by atoms with van der Waals surface area (Å²) >= 11 is 0. The number of ether oxygens (including phenoxy) is 1. The Labute approximate surface area is 160 Å². The van der Waals surface area contributed by atoms with Crippen LogP contribution in [0.5, 0.6) is 0 Å². The summed E-state index contributed by atoms with van der Waals surface area (Å²) in [5.74, 6) is 0.0656. The molecule has 4 rings (SSSR count). The van der Waals surface area contributed by atoms with Crippen LogP contribution in [-0.4, -0.2) is 57.1 Å². The Balaban J connectivity index is 1.53. The highest BCUT2D eigenvalue weighted by atomic mass is 32.2. The summed E-state index contributed by atoms with van der Waals surface area (Å²) in [6.45, 7) is 3.84. The third kappa shape index (κ3) is 3.63. The highest BCUT2D eigenvalue weighted by Crippen LogP contribution is 2.34. The summed E-state index contributed by atoms with van der Waals surface area (Å²) < 4.78 is 29.1. The maximum Gasteiger partial charge on any atom is 0.241 e. The van der Waals surface area contributed by atoms with E-state index in [0.29, 0.717) is 25.6 Å². The van der Waals surface area contributed by atoms with Gasteiger partial charge in [0.25, 0.3) is 0 Å². The number of sulfonamides is 1. The molecule has 0 aromatic heterocycles. The van der Waals surface area contributed by atoms with Crippen molar-refractivity contribution in [2.24, 2.45) is 5.14 Å². The maximum atomic E-state index is 13.1. The van der Waals surface area contributed by atoms with Crippen LogP contribution in [0.4, 0.5) is 5.69 Å². The number of rotatable bonds is 3. The van der Waals surface area contributed by atoms with E-state index in [-0.39, 0.29) is 22.9 Å². The highest BCUT2D eigenvalue weighted by molar-refractivity contribution is 7.89. The molecule has 7 nitrogen and oxygen atoms in total. The Morgan fingerprint density at radius 3 is 2.85 bits per heavy atom. The van der Waals surface area contributed by atoms with E-state index in [1.54, 1.807) is 12.1 Å². The Bertz CT molecular complexity index is 839. The molecule has 3 atom stereocenters. The molecule has 1 aromatic carbocycles. The molecule has 8 heteroatoms. The smallest absolute Gasteiger partial charge is 0.241 e. The van der Waals surface area contributed by atoms with Crippen molar-refractivity contribution in [1.29, 1.82) is 0 Å². The lowest BCUT2D eigenvalue weighted by Crippen LogP contribution is -2.56. The predicted octanol–water partition coefficient (Wildman–Crippen LogP) is 1.26. The summed E-state index contributed by atoms with van der Waals surface area (Å²) in [7, 11) is -3.74. The molecular weight excluding hydrogens is 366 g/mol. The third-order valence-electron chi connectivity index (χ3n) is 6.05. The van der Waals surface area contributed by atoms with Crippen LogP contribution in [-0.2, 0) is 26.0 Å². The van der Waals surface area contributed by atoms with E-state index in [2.05, 4.69) is 4.90 Å². The first-order chi connectivity index (χ1) is 12.8. The second-order valence-electron chi connectivity index (χ2n) is 7.88. The molecule has 148 valence electrons. The van der Waals surface area contributed by atoms with Gasteiger partial charge in [-0.3, -0.25) is 9.69 Å². The summed E-state index contributed by atoms with van der Waals surface area (Å²) in [6.07, 6.45) is 5.44. The minimum absolute atomic E-state index is 0.00595. The Hall–Kier alpha value is -1.48. The van der Waals surface area contributed by atoms with E-state index in [1.165, 1.54) is 18.9 Å². The lowest BCUT2D eigenvalue weighted by Gasteiger charge is -2.44. The van der Waals surface area contributed by atoms with Crippen LogP contribution in [0.1, 0.15) is 38.2 Å². The molecular formula is C19H27N3O4S. The zero-order chi connectivity index (χ0) is 19.2. The molecule has 0 radical (unpaired) electrons. The number of fused-ring (bicyclic) bond motifs is 2. The lowest BCUT2D eigenvalue weighted by molar-refractivity contribution is -0.127. The fourth-order valence-corrected chi connectivity index (χ4v) is 5.35. The standard InChI is InChI=1S/C19H27N3O4S/c1-13-10-14-11-15(27(20,24)25)6-7-16(14)22(13)19(23)12-21-8-9-26-18-5-3-2-4-17(18)21/h6-7,11,13,17-18H,2-5,8-10,12H2,1H3,(H2,20,24,25). The minimum Gasteiger partial charge on any atom is -0.375 e. The van der Waals surface area contributed by atoms with Crippen molar-refractivity contribution >= 4 is 21.6 Å². The zero-order valence-corrected chi connectivity index (χ0v) is 16.5. The number of amides is 1. The fourth-order valence-electron chi connectivity index (χ4n) is 4.79. The minimum atomic E-state index is -3.74. The number of hydrogen-bond donors (Lipinski definition) is 1. The number of hydrogen-bond acceptors (Lipinski definition) is 5. The summed E-state index contributed by atoms with van der Waals surface area (Å²) in [5.41, 5.74) is 1.66. The van der Waals surface area contributed by atoms with Gasteiger partial charge in [0.05, 0.1) is 24.2 Å². The van der Waals surface area contributed by atoms with Crippen molar-refractivity contribution in [3.63, 3.8) is 0 Å². The number of nitrogens with two attached hydrogens (primary N) is 1. The molecule has 2 N–H and O–H groups in total. The molecule has 2 fully saturated rings. The van der Waals surface area contributed by atoms with Crippen LogP contribution in [0.2, 0.25) is 0 Å². The molecule has 27 heavy (non-hydrogen) atoms. The van der Waals surface area contributed by atoms with Gasteiger partial charge in [0.1, 0.15) is 0 Å². The molecule has 3 unspecified atom stereocenters. The van der Waals surface area contributed by atoms with Crippen molar-refractivity contribution in [1.82, 2.24) is 4.90 Å². The molecule has 0 spiro atoms. The predicted molar refractivity (Wildman–Crippen MR) is 102 cm³/mol. The molecule has 1 amide bonds. The average molecular weight is 394 g/mol. The van der Waals surface area contributed by atoms with Crippen LogP contribution in [0, 0.1) is 0 Å². The first-order valence-corrected chi connectivity index (χ1v) is 11.2. The van der Waals surface area contributed by atoms with E-state index < -0.39 is 10.0 Å².